The molecule has 2 aliphatic rings. The van der Waals surface area contributed by atoms with Crippen LogP contribution in [0.15, 0.2) is 30.5 Å². The topological polar surface area (TPSA) is 50.7 Å². The third-order valence-electron chi connectivity index (χ3n) is 5.21. The lowest BCUT2D eigenvalue weighted by Gasteiger charge is -2.19. The van der Waals surface area contributed by atoms with Gasteiger partial charge in [-0.25, -0.2) is 4.98 Å². The third kappa shape index (κ3) is 4.48. The molecule has 28 heavy (non-hydrogen) atoms. The summed E-state index contributed by atoms with van der Waals surface area (Å²) in [6.45, 7) is 5.12. The molecule has 0 unspecified atom stereocenters. The van der Waals surface area contributed by atoms with E-state index in [0.717, 1.165) is 22.9 Å². The highest BCUT2D eigenvalue weighted by Crippen LogP contribution is 2.30. The third-order valence-corrected chi connectivity index (χ3v) is 5.57. The van der Waals surface area contributed by atoms with Crippen molar-refractivity contribution in [2.24, 2.45) is 0 Å². The van der Waals surface area contributed by atoms with Crippen LogP contribution in [-0.4, -0.2) is 53.3 Å². The molecule has 0 aliphatic carbocycles. The molecule has 3 heterocycles. The summed E-state index contributed by atoms with van der Waals surface area (Å²) in [5.41, 5.74) is 3.64. The molecule has 148 valence electrons. The second-order valence-electron chi connectivity index (χ2n) is 7.30. The predicted octanol–water partition coefficient (Wildman–Crippen LogP) is 2.99. The van der Waals surface area contributed by atoms with Gasteiger partial charge in [0.15, 0.2) is 0 Å². The van der Waals surface area contributed by atoms with Crippen molar-refractivity contribution in [3.8, 4) is 6.01 Å². The minimum atomic E-state index is 0.367. The van der Waals surface area contributed by atoms with E-state index in [1.165, 1.54) is 37.1 Å². The van der Waals surface area contributed by atoms with Gasteiger partial charge in [-0.2, -0.15) is 4.98 Å². The molecule has 1 fully saturated rings. The molecule has 7 heteroatoms. The van der Waals surface area contributed by atoms with E-state index in [1.807, 2.05) is 6.20 Å². The number of benzene rings is 1. The first kappa shape index (κ1) is 19.2. The van der Waals surface area contributed by atoms with Crippen molar-refractivity contribution in [3.63, 3.8) is 0 Å². The Labute approximate surface area is 171 Å². The highest BCUT2D eigenvalue weighted by Gasteiger charge is 2.27. The molecular formula is C21H26N4O2S. The van der Waals surface area contributed by atoms with Gasteiger partial charge in [-0.05, 0) is 37.1 Å². The van der Waals surface area contributed by atoms with Crippen LogP contribution >= 0.6 is 12.2 Å². The van der Waals surface area contributed by atoms with E-state index in [1.54, 1.807) is 7.11 Å². The second kappa shape index (κ2) is 8.94. The van der Waals surface area contributed by atoms with Crippen LogP contribution in [0, 0.1) is 0 Å². The first-order chi connectivity index (χ1) is 13.7. The fourth-order valence-electron chi connectivity index (χ4n) is 3.70. The van der Waals surface area contributed by atoms with Crippen molar-refractivity contribution >= 4 is 23.0 Å². The molecule has 4 rings (SSSR count). The van der Waals surface area contributed by atoms with E-state index in [0.29, 0.717) is 32.2 Å². The molecule has 1 aromatic carbocycles. The van der Waals surface area contributed by atoms with Crippen LogP contribution in [0.1, 0.15) is 29.5 Å². The van der Waals surface area contributed by atoms with Gasteiger partial charge >= 0.3 is 6.01 Å². The number of nitrogens with zero attached hydrogens (tertiary/aromatic N) is 4. The molecule has 1 saturated heterocycles. The summed E-state index contributed by atoms with van der Waals surface area (Å²) >= 11 is 5.61. The van der Waals surface area contributed by atoms with Gasteiger partial charge in [0, 0.05) is 31.8 Å². The summed E-state index contributed by atoms with van der Waals surface area (Å²) < 4.78 is 10.6. The van der Waals surface area contributed by atoms with Crippen LogP contribution in [0.3, 0.4) is 0 Å². The molecule has 0 bridgehead atoms. The minimum absolute atomic E-state index is 0.367. The highest BCUT2D eigenvalue weighted by molar-refractivity contribution is 7.80. The molecule has 0 saturated carbocycles. The Balaban J connectivity index is 1.43. The quantitative estimate of drug-likeness (QED) is 0.500. The molecule has 0 radical (unpaired) electrons. The number of thiocarbonyl (C=S) groups is 1. The zero-order chi connectivity index (χ0) is 19.3. The second-order valence-corrected chi connectivity index (χ2v) is 7.77. The number of likely N-dealkylation sites (tertiary alicyclic amines) is 1. The monoisotopic (exact) mass is 398 g/mol. The van der Waals surface area contributed by atoms with Gasteiger partial charge in [0.1, 0.15) is 12.4 Å². The Kier molecular flexibility index (Phi) is 6.14. The van der Waals surface area contributed by atoms with E-state index in [2.05, 4.69) is 44.0 Å². The summed E-state index contributed by atoms with van der Waals surface area (Å²) in [6, 6.07) is 9.22. The Morgan fingerprint density at radius 1 is 1.04 bits per heavy atom. The number of hydrogen-bond acceptors (Lipinski definition) is 6. The fraction of sp³-hybridized carbons (Fsp3) is 0.476. The van der Waals surface area contributed by atoms with E-state index in [9.17, 15) is 0 Å². The summed E-state index contributed by atoms with van der Waals surface area (Å²) in [5, 5.41) is 0. The standard InChI is InChI=1S/C21H26N4O2S/c1-26-10-11-27-21-22-13-18-12-19(28)25(20(18)23-21)15-17-6-4-16(5-7-17)14-24-8-2-3-9-24/h4-7,13H,2-3,8-12,14-15H2,1H3. The number of methoxy groups -OCH3 is 1. The largest absolute Gasteiger partial charge is 0.461 e. The number of fused-ring (bicyclic) bond motifs is 1. The van der Waals surface area contributed by atoms with Gasteiger partial charge in [0.25, 0.3) is 0 Å². The predicted molar refractivity (Wildman–Crippen MR) is 113 cm³/mol. The van der Waals surface area contributed by atoms with Crippen LogP contribution in [0.4, 0.5) is 5.82 Å². The molecule has 1 aromatic heterocycles. The normalized spacial score (nSPS) is 16.6. The van der Waals surface area contributed by atoms with Crippen LogP contribution in [0.25, 0.3) is 0 Å². The molecular weight excluding hydrogens is 372 g/mol. The highest BCUT2D eigenvalue weighted by atomic mass is 32.1. The van der Waals surface area contributed by atoms with Crippen LogP contribution in [-0.2, 0) is 24.2 Å². The van der Waals surface area contributed by atoms with Crippen LogP contribution in [0.2, 0.25) is 0 Å². The number of ether oxygens (including phenoxy) is 2. The van der Waals surface area contributed by atoms with Gasteiger partial charge in [-0.3, -0.25) is 4.90 Å². The maximum absolute atomic E-state index is 5.61. The molecule has 0 atom stereocenters. The number of rotatable bonds is 8. The Morgan fingerprint density at radius 3 is 2.46 bits per heavy atom. The molecule has 0 amide bonds. The average molecular weight is 399 g/mol. The Bertz CT molecular complexity index is 822. The summed E-state index contributed by atoms with van der Waals surface area (Å²) in [5.74, 6) is 0.855. The van der Waals surface area contributed by atoms with Gasteiger partial charge in [0.2, 0.25) is 0 Å². The van der Waals surface area contributed by atoms with Crippen molar-refractivity contribution in [2.75, 3.05) is 38.3 Å². The fourth-order valence-corrected chi connectivity index (χ4v) is 4.00. The van der Waals surface area contributed by atoms with Crippen molar-refractivity contribution in [1.29, 1.82) is 0 Å². The van der Waals surface area contributed by atoms with Gasteiger partial charge in [0.05, 0.1) is 18.1 Å². The zero-order valence-electron chi connectivity index (χ0n) is 16.3. The summed E-state index contributed by atoms with van der Waals surface area (Å²) in [6.07, 6.45) is 5.16. The summed E-state index contributed by atoms with van der Waals surface area (Å²) in [7, 11) is 1.64. The van der Waals surface area contributed by atoms with Gasteiger partial charge in [-0.15, -0.1) is 0 Å². The number of hydrogen-bond donors (Lipinski definition) is 0. The van der Waals surface area contributed by atoms with E-state index < -0.39 is 0 Å². The lowest BCUT2D eigenvalue weighted by molar-refractivity contribution is 0.141. The van der Waals surface area contributed by atoms with E-state index >= 15 is 0 Å². The lowest BCUT2D eigenvalue weighted by atomic mass is 10.1. The van der Waals surface area contributed by atoms with Crippen molar-refractivity contribution in [3.05, 3.63) is 47.2 Å². The zero-order valence-corrected chi connectivity index (χ0v) is 17.1. The first-order valence-electron chi connectivity index (χ1n) is 9.81. The molecule has 6 nitrogen and oxygen atoms in total. The first-order valence-corrected chi connectivity index (χ1v) is 10.2. The summed E-state index contributed by atoms with van der Waals surface area (Å²) in [4.78, 5) is 14.3. The minimum Gasteiger partial charge on any atom is -0.461 e. The average Bonchev–Trinajstić information content (AvgIpc) is 3.32. The molecule has 0 N–H and O–H groups in total. The van der Waals surface area contributed by atoms with Crippen molar-refractivity contribution in [1.82, 2.24) is 14.9 Å². The Morgan fingerprint density at radius 2 is 1.75 bits per heavy atom. The Hall–Kier alpha value is -2.09. The van der Waals surface area contributed by atoms with Crippen molar-refractivity contribution < 1.29 is 9.47 Å². The SMILES string of the molecule is COCCOc1ncc2c(n1)N(Cc1ccc(CN3CCCC3)cc1)C(=S)C2. The van der Waals surface area contributed by atoms with Crippen molar-refractivity contribution in [2.45, 2.75) is 32.4 Å². The van der Waals surface area contributed by atoms with Crippen LogP contribution in [0.5, 0.6) is 6.01 Å². The van der Waals surface area contributed by atoms with E-state index in [-0.39, 0.29) is 0 Å². The number of anilines is 1. The van der Waals surface area contributed by atoms with Gasteiger partial charge in [-0.1, -0.05) is 36.5 Å². The molecule has 2 aromatic rings. The smallest absolute Gasteiger partial charge is 0.318 e. The van der Waals surface area contributed by atoms with Gasteiger partial charge < -0.3 is 14.4 Å². The molecule has 2 aliphatic heterocycles. The number of aromatic nitrogens is 2. The maximum atomic E-state index is 5.61. The van der Waals surface area contributed by atoms with E-state index in [4.69, 9.17) is 21.7 Å². The molecule has 0 spiro atoms. The lowest BCUT2D eigenvalue weighted by Crippen LogP contribution is -2.25. The maximum Gasteiger partial charge on any atom is 0.318 e. The van der Waals surface area contributed by atoms with Crippen LogP contribution < -0.4 is 9.64 Å².